The van der Waals surface area contributed by atoms with Gasteiger partial charge in [-0.15, -0.1) is 0 Å². The second-order valence-corrected chi connectivity index (χ2v) is 4.19. The summed E-state index contributed by atoms with van der Waals surface area (Å²) in [5.74, 6) is 0.645. The lowest BCUT2D eigenvalue weighted by Crippen LogP contribution is -2.50. The Labute approximate surface area is 83.1 Å². The van der Waals surface area contributed by atoms with Gasteiger partial charge < -0.3 is 10.1 Å². The fraction of sp³-hybridized carbons (Fsp3) is 1.00. The third kappa shape index (κ3) is 3.65. The molecular weight excluding hydrogens is 162 g/mol. The van der Waals surface area contributed by atoms with Crippen molar-refractivity contribution in [2.24, 2.45) is 5.92 Å². The summed E-state index contributed by atoms with van der Waals surface area (Å²) in [6.45, 7) is 11.6. The average Bonchev–Trinajstić information content (AvgIpc) is 2.04. The predicted molar refractivity (Wildman–Crippen MR) is 58.0 cm³/mol. The number of ether oxygens (including phenoxy) is 1. The summed E-state index contributed by atoms with van der Waals surface area (Å²) < 4.78 is 5.74. The minimum absolute atomic E-state index is 0.0705. The van der Waals surface area contributed by atoms with Crippen molar-refractivity contribution in [3.8, 4) is 0 Å². The van der Waals surface area contributed by atoms with Gasteiger partial charge in [0.05, 0.1) is 5.60 Å². The zero-order valence-corrected chi connectivity index (χ0v) is 9.98. The summed E-state index contributed by atoms with van der Waals surface area (Å²) >= 11 is 0. The summed E-state index contributed by atoms with van der Waals surface area (Å²) in [6.07, 6.45) is 1.18. The fourth-order valence-corrected chi connectivity index (χ4v) is 2.01. The molecule has 0 aromatic rings. The van der Waals surface area contributed by atoms with E-state index in [-0.39, 0.29) is 5.60 Å². The highest BCUT2D eigenvalue weighted by Gasteiger charge is 2.31. The van der Waals surface area contributed by atoms with Crippen LogP contribution in [0.15, 0.2) is 0 Å². The molecule has 0 saturated heterocycles. The van der Waals surface area contributed by atoms with Crippen LogP contribution in [-0.2, 0) is 4.74 Å². The Morgan fingerprint density at radius 3 is 2.15 bits per heavy atom. The van der Waals surface area contributed by atoms with E-state index in [0.717, 1.165) is 6.61 Å². The standard InChI is InChI=1S/C11H25NO/c1-7-9(3)10(12-6)11(4,5)13-8-2/h9-10,12H,7-8H2,1-6H3. The molecule has 0 aliphatic heterocycles. The molecule has 0 aromatic heterocycles. The van der Waals surface area contributed by atoms with Crippen LogP contribution in [0.2, 0.25) is 0 Å². The molecule has 2 nitrogen and oxygen atoms in total. The van der Waals surface area contributed by atoms with Crippen LogP contribution >= 0.6 is 0 Å². The Balaban J connectivity index is 4.35. The van der Waals surface area contributed by atoms with Crippen LogP contribution in [0.1, 0.15) is 41.0 Å². The molecule has 0 aliphatic rings. The van der Waals surface area contributed by atoms with Gasteiger partial charge in [0.15, 0.2) is 0 Å². The van der Waals surface area contributed by atoms with Gasteiger partial charge in [-0.1, -0.05) is 20.3 Å². The molecule has 2 atom stereocenters. The monoisotopic (exact) mass is 187 g/mol. The Morgan fingerprint density at radius 2 is 1.85 bits per heavy atom. The molecule has 0 spiro atoms. The molecule has 2 unspecified atom stereocenters. The van der Waals surface area contributed by atoms with Crippen LogP contribution in [0.25, 0.3) is 0 Å². The number of nitrogens with one attached hydrogen (secondary N) is 1. The molecule has 0 radical (unpaired) electrons. The molecule has 2 heteroatoms. The van der Waals surface area contributed by atoms with Gasteiger partial charge in [-0.3, -0.25) is 0 Å². The molecule has 13 heavy (non-hydrogen) atoms. The van der Waals surface area contributed by atoms with Crippen molar-refractivity contribution in [1.82, 2.24) is 5.32 Å². The van der Waals surface area contributed by atoms with Gasteiger partial charge >= 0.3 is 0 Å². The van der Waals surface area contributed by atoms with E-state index in [4.69, 9.17) is 4.74 Å². The minimum Gasteiger partial charge on any atom is -0.374 e. The second-order valence-electron chi connectivity index (χ2n) is 4.19. The smallest absolute Gasteiger partial charge is 0.0781 e. The van der Waals surface area contributed by atoms with Crippen molar-refractivity contribution in [3.05, 3.63) is 0 Å². The third-order valence-corrected chi connectivity index (χ3v) is 2.79. The van der Waals surface area contributed by atoms with E-state index in [2.05, 4.69) is 33.0 Å². The van der Waals surface area contributed by atoms with Crippen LogP contribution < -0.4 is 5.32 Å². The normalized spacial score (nSPS) is 17.1. The molecule has 80 valence electrons. The number of likely N-dealkylation sites (N-methyl/N-ethyl adjacent to an activating group) is 1. The summed E-state index contributed by atoms with van der Waals surface area (Å²) in [7, 11) is 2.01. The number of rotatable bonds is 6. The molecule has 0 bridgehead atoms. The van der Waals surface area contributed by atoms with Gasteiger partial charge in [0, 0.05) is 12.6 Å². The highest BCUT2D eigenvalue weighted by atomic mass is 16.5. The van der Waals surface area contributed by atoms with Gasteiger partial charge in [-0.2, -0.15) is 0 Å². The molecule has 0 amide bonds. The quantitative estimate of drug-likeness (QED) is 0.689. The number of hydrogen-bond acceptors (Lipinski definition) is 2. The second kappa shape index (κ2) is 5.61. The molecule has 0 fully saturated rings. The first-order valence-electron chi connectivity index (χ1n) is 5.30. The molecule has 0 aromatic carbocycles. The van der Waals surface area contributed by atoms with E-state index < -0.39 is 0 Å². The molecule has 0 rings (SSSR count). The summed E-state index contributed by atoms with van der Waals surface area (Å²) in [5.41, 5.74) is -0.0705. The minimum atomic E-state index is -0.0705. The van der Waals surface area contributed by atoms with E-state index in [1.165, 1.54) is 6.42 Å². The van der Waals surface area contributed by atoms with Crippen molar-refractivity contribution in [3.63, 3.8) is 0 Å². The zero-order valence-electron chi connectivity index (χ0n) is 9.98. The predicted octanol–water partition coefficient (Wildman–Crippen LogP) is 2.44. The maximum Gasteiger partial charge on any atom is 0.0781 e. The van der Waals surface area contributed by atoms with E-state index in [9.17, 15) is 0 Å². The Morgan fingerprint density at radius 1 is 1.31 bits per heavy atom. The molecule has 1 N–H and O–H groups in total. The van der Waals surface area contributed by atoms with Gasteiger partial charge in [-0.25, -0.2) is 0 Å². The maximum absolute atomic E-state index is 5.74. The van der Waals surface area contributed by atoms with Crippen molar-refractivity contribution in [2.75, 3.05) is 13.7 Å². The molecule has 0 aliphatic carbocycles. The van der Waals surface area contributed by atoms with E-state index in [1.54, 1.807) is 0 Å². The highest BCUT2D eigenvalue weighted by molar-refractivity contribution is 4.87. The maximum atomic E-state index is 5.74. The van der Waals surface area contributed by atoms with Crippen molar-refractivity contribution in [2.45, 2.75) is 52.7 Å². The van der Waals surface area contributed by atoms with Crippen molar-refractivity contribution >= 4 is 0 Å². The average molecular weight is 187 g/mol. The highest BCUT2D eigenvalue weighted by Crippen LogP contribution is 2.22. The largest absolute Gasteiger partial charge is 0.374 e. The first-order valence-corrected chi connectivity index (χ1v) is 5.30. The van der Waals surface area contributed by atoms with Crippen LogP contribution in [0.4, 0.5) is 0 Å². The van der Waals surface area contributed by atoms with Crippen molar-refractivity contribution in [1.29, 1.82) is 0 Å². The first-order chi connectivity index (χ1) is 5.99. The van der Waals surface area contributed by atoms with Crippen LogP contribution in [0, 0.1) is 5.92 Å². The van der Waals surface area contributed by atoms with Gasteiger partial charge in [-0.05, 0) is 33.7 Å². The van der Waals surface area contributed by atoms with Gasteiger partial charge in [0.25, 0.3) is 0 Å². The molecule has 0 heterocycles. The summed E-state index contributed by atoms with van der Waals surface area (Å²) in [4.78, 5) is 0. The molecular formula is C11H25NO. The topological polar surface area (TPSA) is 21.3 Å². The van der Waals surface area contributed by atoms with Crippen LogP contribution in [-0.4, -0.2) is 25.3 Å². The lowest BCUT2D eigenvalue weighted by molar-refractivity contribution is -0.0496. The molecule has 0 saturated carbocycles. The van der Waals surface area contributed by atoms with E-state index in [1.807, 2.05) is 14.0 Å². The Kier molecular flexibility index (Phi) is 5.57. The SMILES string of the molecule is CCOC(C)(C)C(NC)C(C)CC. The lowest BCUT2D eigenvalue weighted by Gasteiger charge is -2.37. The Hall–Kier alpha value is -0.0800. The fourth-order valence-electron chi connectivity index (χ4n) is 2.01. The Bertz CT molecular complexity index is 134. The van der Waals surface area contributed by atoms with E-state index >= 15 is 0 Å². The summed E-state index contributed by atoms with van der Waals surface area (Å²) in [6, 6.07) is 0.428. The van der Waals surface area contributed by atoms with Gasteiger partial charge in [0.2, 0.25) is 0 Å². The zero-order chi connectivity index (χ0) is 10.5. The van der Waals surface area contributed by atoms with Crippen LogP contribution in [0.5, 0.6) is 0 Å². The lowest BCUT2D eigenvalue weighted by atomic mass is 9.86. The number of hydrogen-bond donors (Lipinski definition) is 1. The van der Waals surface area contributed by atoms with Gasteiger partial charge in [0.1, 0.15) is 0 Å². The van der Waals surface area contributed by atoms with Crippen LogP contribution in [0.3, 0.4) is 0 Å². The first kappa shape index (κ1) is 12.9. The third-order valence-electron chi connectivity index (χ3n) is 2.79. The van der Waals surface area contributed by atoms with E-state index in [0.29, 0.717) is 12.0 Å². The van der Waals surface area contributed by atoms with Crippen molar-refractivity contribution < 1.29 is 4.74 Å². The summed E-state index contributed by atoms with van der Waals surface area (Å²) in [5, 5.41) is 3.35.